The number of aryl methyl sites for hydroxylation is 1. The van der Waals surface area contributed by atoms with E-state index in [1.807, 2.05) is 0 Å². The Bertz CT molecular complexity index is 592. The lowest BCUT2D eigenvalue weighted by Gasteiger charge is -1.99. The van der Waals surface area contributed by atoms with E-state index in [4.69, 9.17) is 16.3 Å². The van der Waals surface area contributed by atoms with Crippen LogP contribution in [0.1, 0.15) is 22.2 Å². The van der Waals surface area contributed by atoms with E-state index in [1.165, 1.54) is 23.5 Å². The fraction of sp³-hybridized carbons (Fsp3) is 0.250. The van der Waals surface area contributed by atoms with Gasteiger partial charge in [0.2, 0.25) is 0 Å². The van der Waals surface area contributed by atoms with Crippen molar-refractivity contribution in [1.82, 2.24) is 0 Å². The monoisotopic (exact) mass is 272 g/mol. The first kappa shape index (κ1) is 12.3. The molecule has 0 bridgehead atoms. The Balaban J connectivity index is 2.60. The molecule has 0 aliphatic heterocycles. The predicted octanol–water partition coefficient (Wildman–Crippen LogP) is 4.18. The van der Waals surface area contributed by atoms with Crippen molar-refractivity contribution < 1.29 is 13.9 Å². The number of benzene rings is 1. The van der Waals surface area contributed by atoms with Crippen LogP contribution in [0.2, 0.25) is 5.02 Å². The van der Waals surface area contributed by atoms with Gasteiger partial charge >= 0.3 is 5.97 Å². The van der Waals surface area contributed by atoms with E-state index in [1.54, 1.807) is 13.8 Å². The minimum atomic E-state index is -0.476. The Kier molecular flexibility index (Phi) is 3.35. The molecule has 17 heavy (non-hydrogen) atoms. The summed E-state index contributed by atoms with van der Waals surface area (Å²) >= 11 is 6.97. The van der Waals surface area contributed by atoms with E-state index < -0.39 is 5.82 Å². The molecule has 5 heteroatoms. The largest absolute Gasteiger partial charge is 0.462 e. The standard InChI is InChI=1S/C12H10ClFO2S/c1-3-16-12(15)11-6(2)7-4-9(14)8(13)5-10(7)17-11/h4-5H,3H2,1-2H3. The summed E-state index contributed by atoms with van der Waals surface area (Å²) in [4.78, 5) is 12.2. The number of thiophene rings is 1. The topological polar surface area (TPSA) is 26.3 Å². The molecule has 0 aliphatic carbocycles. The van der Waals surface area contributed by atoms with Gasteiger partial charge in [-0.25, -0.2) is 9.18 Å². The summed E-state index contributed by atoms with van der Waals surface area (Å²) in [5, 5.41) is 0.772. The van der Waals surface area contributed by atoms with Crippen molar-refractivity contribution >= 4 is 39.0 Å². The van der Waals surface area contributed by atoms with Crippen molar-refractivity contribution in [2.24, 2.45) is 0 Å². The van der Waals surface area contributed by atoms with Crippen LogP contribution in [0.5, 0.6) is 0 Å². The Hall–Kier alpha value is -1.13. The average molecular weight is 273 g/mol. The number of fused-ring (bicyclic) bond motifs is 1. The van der Waals surface area contributed by atoms with Gasteiger partial charge in [-0.3, -0.25) is 0 Å². The molecule has 0 saturated heterocycles. The van der Waals surface area contributed by atoms with Crippen LogP contribution in [-0.2, 0) is 4.74 Å². The number of carbonyl (C=O) groups is 1. The SMILES string of the molecule is CCOC(=O)c1sc2cc(Cl)c(F)cc2c1C. The number of rotatable bonds is 2. The number of hydrogen-bond donors (Lipinski definition) is 0. The maximum absolute atomic E-state index is 13.3. The molecule has 1 heterocycles. The maximum Gasteiger partial charge on any atom is 0.348 e. The second-order valence-electron chi connectivity index (χ2n) is 3.54. The molecule has 0 fully saturated rings. The van der Waals surface area contributed by atoms with Crippen molar-refractivity contribution in [3.8, 4) is 0 Å². The summed E-state index contributed by atoms with van der Waals surface area (Å²) in [6.45, 7) is 3.84. The Morgan fingerprint density at radius 3 is 2.88 bits per heavy atom. The predicted molar refractivity (Wildman–Crippen MR) is 67.5 cm³/mol. The van der Waals surface area contributed by atoms with Crippen molar-refractivity contribution in [3.05, 3.63) is 33.4 Å². The average Bonchev–Trinajstić information content (AvgIpc) is 2.58. The van der Waals surface area contributed by atoms with Crippen LogP contribution < -0.4 is 0 Å². The summed E-state index contributed by atoms with van der Waals surface area (Å²) in [6.07, 6.45) is 0. The van der Waals surface area contributed by atoms with Gasteiger partial charge in [0.1, 0.15) is 10.7 Å². The van der Waals surface area contributed by atoms with Gasteiger partial charge in [-0.2, -0.15) is 0 Å². The number of ether oxygens (including phenoxy) is 1. The van der Waals surface area contributed by atoms with E-state index in [9.17, 15) is 9.18 Å². The van der Waals surface area contributed by atoms with Gasteiger partial charge in [0.15, 0.2) is 0 Å². The first-order chi connectivity index (χ1) is 8.04. The van der Waals surface area contributed by atoms with E-state index >= 15 is 0 Å². The van der Waals surface area contributed by atoms with Crippen molar-refractivity contribution in [2.45, 2.75) is 13.8 Å². The Labute approximate surface area is 107 Å². The molecule has 0 radical (unpaired) electrons. The second-order valence-corrected chi connectivity index (χ2v) is 5.00. The van der Waals surface area contributed by atoms with Gasteiger partial charge in [-0.05, 0) is 36.9 Å². The molecule has 0 atom stereocenters. The summed E-state index contributed by atoms with van der Waals surface area (Å²) in [6, 6.07) is 2.89. The van der Waals surface area contributed by atoms with Gasteiger partial charge in [-0.1, -0.05) is 11.6 Å². The van der Waals surface area contributed by atoms with E-state index in [-0.39, 0.29) is 11.0 Å². The minimum absolute atomic E-state index is 0.0640. The molecule has 2 aromatic rings. The molecule has 0 saturated carbocycles. The lowest BCUT2D eigenvalue weighted by atomic mass is 10.1. The lowest BCUT2D eigenvalue weighted by Crippen LogP contribution is -2.03. The highest BCUT2D eigenvalue weighted by atomic mass is 35.5. The highest BCUT2D eigenvalue weighted by Gasteiger charge is 2.17. The van der Waals surface area contributed by atoms with Gasteiger partial charge in [0.25, 0.3) is 0 Å². The third kappa shape index (κ3) is 2.15. The van der Waals surface area contributed by atoms with Crippen LogP contribution in [0.15, 0.2) is 12.1 Å². The smallest absolute Gasteiger partial charge is 0.348 e. The number of halogens is 2. The molecule has 0 N–H and O–H groups in total. The highest BCUT2D eigenvalue weighted by Crippen LogP contribution is 2.34. The fourth-order valence-corrected chi connectivity index (χ4v) is 2.96. The first-order valence-corrected chi connectivity index (χ1v) is 6.29. The van der Waals surface area contributed by atoms with Gasteiger partial charge in [0, 0.05) is 4.70 Å². The van der Waals surface area contributed by atoms with Crippen molar-refractivity contribution in [1.29, 1.82) is 0 Å². The lowest BCUT2D eigenvalue weighted by molar-refractivity contribution is 0.0531. The summed E-state index contributed by atoms with van der Waals surface area (Å²) in [5.41, 5.74) is 0.735. The van der Waals surface area contributed by atoms with Crippen LogP contribution in [0.25, 0.3) is 10.1 Å². The second kappa shape index (κ2) is 4.63. The molecular weight excluding hydrogens is 263 g/mol. The summed E-state index contributed by atoms with van der Waals surface area (Å²) in [5.74, 6) is -0.849. The zero-order valence-corrected chi connectivity index (χ0v) is 10.9. The molecule has 0 amide bonds. The van der Waals surface area contributed by atoms with Crippen LogP contribution in [0.4, 0.5) is 4.39 Å². The normalized spacial score (nSPS) is 10.8. The molecule has 0 aliphatic rings. The van der Waals surface area contributed by atoms with Gasteiger partial charge < -0.3 is 4.74 Å². The van der Waals surface area contributed by atoms with E-state index in [0.29, 0.717) is 16.9 Å². The zero-order chi connectivity index (χ0) is 12.6. The minimum Gasteiger partial charge on any atom is -0.462 e. The fourth-order valence-electron chi connectivity index (χ4n) is 1.61. The molecular formula is C12H10ClFO2S. The molecule has 90 valence electrons. The van der Waals surface area contributed by atoms with Gasteiger partial charge in [-0.15, -0.1) is 11.3 Å². The van der Waals surface area contributed by atoms with Crippen molar-refractivity contribution in [3.63, 3.8) is 0 Å². The maximum atomic E-state index is 13.3. The van der Waals surface area contributed by atoms with Crippen LogP contribution >= 0.6 is 22.9 Å². The molecule has 0 unspecified atom stereocenters. The quantitative estimate of drug-likeness (QED) is 0.767. The van der Waals surface area contributed by atoms with E-state index in [0.717, 1.165) is 10.3 Å². The Morgan fingerprint density at radius 2 is 2.24 bits per heavy atom. The molecule has 1 aromatic heterocycles. The van der Waals surface area contributed by atoms with Gasteiger partial charge in [0.05, 0.1) is 11.6 Å². The highest BCUT2D eigenvalue weighted by molar-refractivity contribution is 7.21. The molecule has 1 aromatic carbocycles. The number of hydrogen-bond acceptors (Lipinski definition) is 3. The molecule has 2 nitrogen and oxygen atoms in total. The third-order valence-electron chi connectivity index (χ3n) is 2.44. The number of esters is 1. The molecule has 2 rings (SSSR count). The summed E-state index contributed by atoms with van der Waals surface area (Å²) in [7, 11) is 0. The Morgan fingerprint density at radius 1 is 1.53 bits per heavy atom. The van der Waals surface area contributed by atoms with Crippen LogP contribution in [0.3, 0.4) is 0 Å². The first-order valence-electron chi connectivity index (χ1n) is 5.09. The van der Waals surface area contributed by atoms with E-state index in [2.05, 4.69) is 0 Å². The molecule has 0 spiro atoms. The summed E-state index contributed by atoms with van der Waals surface area (Å²) < 4.78 is 19.1. The zero-order valence-electron chi connectivity index (χ0n) is 9.34. The van der Waals surface area contributed by atoms with Crippen LogP contribution in [0, 0.1) is 12.7 Å². The van der Waals surface area contributed by atoms with Crippen molar-refractivity contribution in [2.75, 3.05) is 6.61 Å². The number of carbonyl (C=O) groups excluding carboxylic acids is 1. The third-order valence-corrected chi connectivity index (χ3v) is 3.96. The van der Waals surface area contributed by atoms with Crippen LogP contribution in [-0.4, -0.2) is 12.6 Å².